The topological polar surface area (TPSA) is 52.9 Å². The van der Waals surface area contributed by atoms with Crippen molar-refractivity contribution in [3.8, 4) is 5.40 Å². The molecular formula is C12H11ClN2OS. The highest BCUT2D eigenvalue weighted by Gasteiger charge is 2.10. The molecule has 0 bridgehead atoms. The van der Waals surface area contributed by atoms with E-state index in [1.165, 1.54) is 6.92 Å². The van der Waals surface area contributed by atoms with Crippen molar-refractivity contribution in [2.45, 2.75) is 13.8 Å². The van der Waals surface area contributed by atoms with Gasteiger partial charge in [0.1, 0.15) is 5.40 Å². The maximum Gasteiger partial charge on any atom is 0.168 e. The molecule has 0 heterocycles. The maximum atomic E-state index is 11.3. The monoisotopic (exact) mass is 266 g/mol. The lowest BCUT2D eigenvalue weighted by Crippen LogP contribution is -2.04. The van der Waals surface area contributed by atoms with Crippen molar-refractivity contribution in [2.24, 2.45) is 0 Å². The van der Waals surface area contributed by atoms with Crippen LogP contribution in [0.5, 0.6) is 0 Å². The van der Waals surface area contributed by atoms with E-state index in [0.717, 1.165) is 11.8 Å². The predicted octanol–water partition coefficient (Wildman–Crippen LogP) is 3.79. The lowest BCUT2D eigenvalue weighted by molar-refractivity contribution is -0.113. The van der Waals surface area contributed by atoms with Gasteiger partial charge >= 0.3 is 0 Å². The van der Waals surface area contributed by atoms with Crippen LogP contribution in [0.1, 0.15) is 13.8 Å². The van der Waals surface area contributed by atoms with Gasteiger partial charge in [-0.25, -0.2) is 0 Å². The second kappa shape index (κ2) is 6.33. The molecular weight excluding hydrogens is 256 g/mol. The Labute approximate surface area is 109 Å². The van der Waals surface area contributed by atoms with Crippen LogP contribution in [0, 0.1) is 10.7 Å². The van der Waals surface area contributed by atoms with E-state index >= 15 is 0 Å². The summed E-state index contributed by atoms with van der Waals surface area (Å²) in [5, 5.41) is 14.1. The average molecular weight is 267 g/mol. The third-order valence-electron chi connectivity index (χ3n) is 2.00. The van der Waals surface area contributed by atoms with Crippen molar-refractivity contribution >= 4 is 34.8 Å². The van der Waals surface area contributed by atoms with Gasteiger partial charge in [-0.1, -0.05) is 23.7 Å². The lowest BCUT2D eigenvalue weighted by atomic mass is 10.3. The zero-order valence-electron chi connectivity index (χ0n) is 9.45. The van der Waals surface area contributed by atoms with Gasteiger partial charge in [-0.2, -0.15) is 5.26 Å². The van der Waals surface area contributed by atoms with Crippen molar-refractivity contribution in [3.63, 3.8) is 0 Å². The Morgan fingerprint density at radius 1 is 1.41 bits per heavy atom. The number of Topliss-reactive ketones (excluding diaryl/α,β-unsaturated/α-hetero) is 1. The molecule has 0 fully saturated rings. The molecule has 5 heteroatoms. The Hall–Kier alpha value is -1.44. The van der Waals surface area contributed by atoms with Gasteiger partial charge in [-0.3, -0.25) is 4.79 Å². The fraction of sp³-hybridized carbons (Fsp3) is 0.167. The number of carbonyl (C=O) groups is 1. The van der Waals surface area contributed by atoms with E-state index < -0.39 is 0 Å². The van der Waals surface area contributed by atoms with Crippen LogP contribution in [0.15, 0.2) is 34.9 Å². The summed E-state index contributed by atoms with van der Waals surface area (Å²) in [5.74, 6) is -0.145. The van der Waals surface area contributed by atoms with Crippen LogP contribution in [0.3, 0.4) is 0 Å². The molecule has 0 spiro atoms. The summed E-state index contributed by atoms with van der Waals surface area (Å²) in [6.45, 7) is 3.17. The molecule has 3 nitrogen and oxygen atoms in total. The van der Waals surface area contributed by atoms with Crippen molar-refractivity contribution in [2.75, 3.05) is 5.32 Å². The Morgan fingerprint density at radius 3 is 2.59 bits per heavy atom. The third kappa shape index (κ3) is 3.81. The second-order valence-corrected chi connectivity index (χ2v) is 4.51. The number of halogens is 1. The van der Waals surface area contributed by atoms with Gasteiger partial charge in [0, 0.05) is 5.70 Å². The van der Waals surface area contributed by atoms with Gasteiger partial charge in [0.15, 0.2) is 5.78 Å². The number of hydrogen-bond donors (Lipinski definition) is 1. The number of ketones is 1. The largest absolute Gasteiger partial charge is 0.357 e. The van der Waals surface area contributed by atoms with Crippen LogP contribution in [0.4, 0.5) is 5.69 Å². The van der Waals surface area contributed by atoms with E-state index in [4.69, 9.17) is 16.9 Å². The first-order chi connectivity index (χ1) is 8.06. The number of nitriles is 1. The summed E-state index contributed by atoms with van der Waals surface area (Å²) in [5.41, 5.74) is 1.33. The third-order valence-corrected chi connectivity index (χ3v) is 3.22. The Kier molecular flexibility index (Phi) is 5.08. The molecule has 1 N–H and O–H groups in total. The Morgan fingerprint density at radius 2 is 2.06 bits per heavy atom. The molecule has 0 amide bonds. The molecule has 0 aromatic heterocycles. The normalized spacial score (nSPS) is 11.4. The predicted molar refractivity (Wildman–Crippen MR) is 71.7 cm³/mol. The summed E-state index contributed by atoms with van der Waals surface area (Å²) in [6.07, 6.45) is 0. The van der Waals surface area contributed by atoms with Gasteiger partial charge in [-0.05, 0) is 37.7 Å². The fourth-order valence-electron chi connectivity index (χ4n) is 1.28. The molecule has 0 saturated carbocycles. The number of rotatable bonds is 4. The number of allylic oxidation sites excluding steroid dienone is 2. The fourth-order valence-corrected chi connectivity index (χ4v) is 1.90. The number of thioether (sulfide) groups is 1. The highest BCUT2D eigenvalue weighted by atomic mass is 35.5. The first-order valence-corrected chi connectivity index (χ1v) is 6.05. The first kappa shape index (κ1) is 13.6. The van der Waals surface area contributed by atoms with Crippen LogP contribution in [0.25, 0.3) is 0 Å². The zero-order chi connectivity index (χ0) is 12.8. The molecule has 1 aromatic rings. The van der Waals surface area contributed by atoms with Crippen LogP contribution in [0.2, 0.25) is 5.02 Å². The second-order valence-electron chi connectivity index (χ2n) is 3.31. The minimum atomic E-state index is -0.145. The molecule has 17 heavy (non-hydrogen) atoms. The Bertz CT molecular complexity index is 505. The van der Waals surface area contributed by atoms with E-state index in [0.29, 0.717) is 21.3 Å². The smallest absolute Gasteiger partial charge is 0.168 e. The average Bonchev–Trinajstić information content (AvgIpc) is 2.28. The lowest BCUT2D eigenvalue weighted by Gasteiger charge is -2.10. The molecule has 88 valence electrons. The minimum absolute atomic E-state index is 0.145. The summed E-state index contributed by atoms with van der Waals surface area (Å²) in [4.78, 5) is 11.7. The molecule has 0 radical (unpaired) electrons. The van der Waals surface area contributed by atoms with Crippen LogP contribution >= 0.6 is 23.4 Å². The standard InChI is InChI=1S/C12H11ClN2OS/c1-8(12(9(2)16)17-7-14)15-11-6-4-3-5-10(11)13/h3-6,15H,1-2H3/b12-8+. The van der Waals surface area contributed by atoms with E-state index in [1.807, 2.05) is 17.5 Å². The maximum absolute atomic E-state index is 11.3. The number of hydrogen-bond acceptors (Lipinski definition) is 4. The quantitative estimate of drug-likeness (QED) is 0.665. The summed E-state index contributed by atoms with van der Waals surface area (Å²) in [7, 11) is 0. The molecule has 0 aliphatic carbocycles. The van der Waals surface area contributed by atoms with Crippen LogP contribution in [-0.4, -0.2) is 5.78 Å². The van der Waals surface area contributed by atoms with Crippen molar-refractivity contribution in [1.82, 2.24) is 0 Å². The number of carbonyl (C=O) groups excluding carboxylic acids is 1. The van der Waals surface area contributed by atoms with Crippen LogP contribution < -0.4 is 5.32 Å². The molecule has 1 rings (SSSR count). The molecule has 0 saturated heterocycles. The van der Waals surface area contributed by atoms with Crippen molar-refractivity contribution in [1.29, 1.82) is 5.26 Å². The van der Waals surface area contributed by atoms with Crippen LogP contribution in [-0.2, 0) is 4.79 Å². The summed E-state index contributed by atoms with van der Waals surface area (Å²) >= 11 is 6.84. The number of nitrogens with one attached hydrogen (secondary N) is 1. The summed E-state index contributed by atoms with van der Waals surface area (Å²) < 4.78 is 0. The number of nitrogens with zero attached hydrogens (tertiary/aromatic N) is 1. The Balaban J connectivity index is 3.01. The molecule has 0 aliphatic heterocycles. The van der Waals surface area contributed by atoms with Gasteiger partial charge in [0.25, 0.3) is 0 Å². The van der Waals surface area contributed by atoms with Gasteiger partial charge in [0.2, 0.25) is 0 Å². The SMILES string of the molecule is CC(=O)/C(SC#N)=C(/C)Nc1ccccc1Cl. The first-order valence-electron chi connectivity index (χ1n) is 4.85. The van der Waals surface area contributed by atoms with E-state index in [9.17, 15) is 4.79 Å². The van der Waals surface area contributed by atoms with E-state index in [-0.39, 0.29) is 5.78 Å². The zero-order valence-corrected chi connectivity index (χ0v) is 11.0. The van der Waals surface area contributed by atoms with Crippen molar-refractivity contribution in [3.05, 3.63) is 39.9 Å². The highest BCUT2D eigenvalue weighted by molar-refractivity contribution is 8.08. The number of thiocyanates is 1. The van der Waals surface area contributed by atoms with Crippen molar-refractivity contribution < 1.29 is 4.79 Å². The van der Waals surface area contributed by atoms with Gasteiger partial charge in [0.05, 0.1) is 15.6 Å². The highest BCUT2D eigenvalue weighted by Crippen LogP contribution is 2.25. The number of benzene rings is 1. The van der Waals surface area contributed by atoms with Gasteiger partial charge in [-0.15, -0.1) is 0 Å². The molecule has 1 aromatic carbocycles. The molecule has 0 unspecified atom stereocenters. The summed E-state index contributed by atoms with van der Waals surface area (Å²) in [6, 6.07) is 7.22. The molecule has 0 aliphatic rings. The minimum Gasteiger partial charge on any atom is -0.357 e. The molecule has 0 atom stereocenters. The van der Waals surface area contributed by atoms with E-state index in [1.54, 1.807) is 19.1 Å². The van der Waals surface area contributed by atoms with E-state index in [2.05, 4.69) is 5.32 Å². The van der Waals surface area contributed by atoms with Gasteiger partial charge < -0.3 is 5.32 Å². The number of anilines is 1. The number of para-hydroxylation sites is 1.